The highest BCUT2D eigenvalue weighted by molar-refractivity contribution is 7.11. The molecule has 0 amide bonds. The first-order valence-electron chi connectivity index (χ1n) is 8.68. The van der Waals surface area contributed by atoms with Crippen molar-refractivity contribution in [1.82, 2.24) is 4.98 Å². The monoisotopic (exact) mass is 419 g/mol. The zero-order valence-corrected chi connectivity index (χ0v) is 16.8. The number of nitrogens with zero attached hydrogens (tertiary/aromatic N) is 2. The number of hydrogen-bond acceptors (Lipinski definition) is 6. The van der Waals surface area contributed by atoms with Crippen LogP contribution in [0.5, 0.6) is 0 Å². The summed E-state index contributed by atoms with van der Waals surface area (Å²) in [5.41, 5.74) is 2.94. The van der Waals surface area contributed by atoms with Crippen LogP contribution in [0.2, 0.25) is 5.02 Å². The Bertz CT molecular complexity index is 1350. The Morgan fingerprint density at radius 1 is 1.28 bits per heavy atom. The summed E-state index contributed by atoms with van der Waals surface area (Å²) >= 11 is 7.42. The lowest BCUT2D eigenvalue weighted by atomic mass is 10.1. The van der Waals surface area contributed by atoms with Gasteiger partial charge in [-0.15, -0.1) is 11.3 Å². The van der Waals surface area contributed by atoms with E-state index in [9.17, 15) is 10.1 Å². The number of fused-ring (bicyclic) bond motifs is 1. The minimum absolute atomic E-state index is 0.353. The summed E-state index contributed by atoms with van der Waals surface area (Å²) in [6.45, 7) is 1.89. The van der Waals surface area contributed by atoms with Gasteiger partial charge >= 0.3 is 5.63 Å². The number of thiazole rings is 1. The average molecular weight is 420 g/mol. The van der Waals surface area contributed by atoms with Gasteiger partial charge in [0.15, 0.2) is 0 Å². The molecule has 0 unspecified atom stereocenters. The van der Waals surface area contributed by atoms with Gasteiger partial charge in [-0.2, -0.15) is 5.26 Å². The van der Waals surface area contributed by atoms with Crippen molar-refractivity contribution in [3.63, 3.8) is 0 Å². The summed E-state index contributed by atoms with van der Waals surface area (Å²) in [4.78, 5) is 16.8. The molecule has 0 aliphatic rings. The van der Waals surface area contributed by atoms with Crippen LogP contribution in [0.4, 0.5) is 5.69 Å². The average Bonchev–Trinajstić information content (AvgIpc) is 3.20. The smallest absolute Gasteiger partial charge is 0.345 e. The van der Waals surface area contributed by atoms with Crippen LogP contribution < -0.4 is 10.9 Å². The Morgan fingerprint density at radius 3 is 2.93 bits per heavy atom. The normalized spacial score (nSPS) is 11.4. The lowest BCUT2D eigenvalue weighted by Crippen LogP contribution is -2.02. The molecule has 4 rings (SSSR count). The van der Waals surface area contributed by atoms with Gasteiger partial charge in [0.2, 0.25) is 0 Å². The highest BCUT2D eigenvalue weighted by atomic mass is 35.5. The standard InChI is InChI=1S/C22H14ClN3O2S/c1-13-17(23)6-4-7-18(13)25-11-15(10-24)21-26-19(12-29-21)16-9-14-5-2-3-8-20(14)28-22(16)27/h2-9,11-12,25H,1H3/b15-11-. The zero-order valence-electron chi connectivity index (χ0n) is 15.3. The fourth-order valence-corrected chi connectivity index (χ4v) is 3.78. The predicted octanol–water partition coefficient (Wildman–Crippen LogP) is 5.85. The van der Waals surface area contributed by atoms with E-state index in [2.05, 4.69) is 16.4 Å². The molecule has 5 nitrogen and oxygen atoms in total. The molecule has 0 aliphatic heterocycles. The molecule has 0 bridgehead atoms. The maximum absolute atomic E-state index is 12.4. The molecule has 0 atom stereocenters. The number of para-hydroxylation sites is 1. The number of rotatable bonds is 4. The van der Waals surface area contributed by atoms with Gasteiger partial charge in [0.05, 0.1) is 11.3 Å². The topological polar surface area (TPSA) is 78.9 Å². The van der Waals surface area contributed by atoms with Gasteiger partial charge in [0.25, 0.3) is 0 Å². The molecule has 142 valence electrons. The van der Waals surface area contributed by atoms with E-state index in [0.717, 1.165) is 16.6 Å². The molecule has 2 aromatic carbocycles. The van der Waals surface area contributed by atoms with E-state index in [0.29, 0.717) is 32.4 Å². The molecular formula is C22H14ClN3O2S. The number of nitriles is 1. The zero-order chi connectivity index (χ0) is 20.4. The molecular weight excluding hydrogens is 406 g/mol. The van der Waals surface area contributed by atoms with Crippen LogP contribution >= 0.6 is 22.9 Å². The summed E-state index contributed by atoms with van der Waals surface area (Å²) in [5, 5.41) is 16.4. The highest BCUT2D eigenvalue weighted by Gasteiger charge is 2.14. The highest BCUT2D eigenvalue weighted by Crippen LogP contribution is 2.27. The first-order chi connectivity index (χ1) is 14.1. The van der Waals surface area contributed by atoms with Gasteiger partial charge in [0, 0.05) is 27.7 Å². The number of nitrogens with one attached hydrogen (secondary N) is 1. The Morgan fingerprint density at radius 2 is 2.10 bits per heavy atom. The van der Waals surface area contributed by atoms with Crippen molar-refractivity contribution < 1.29 is 4.42 Å². The third-order valence-electron chi connectivity index (χ3n) is 4.41. The minimum Gasteiger partial charge on any atom is -0.422 e. The Hall–Kier alpha value is -3.40. The maximum atomic E-state index is 12.4. The molecule has 0 aliphatic carbocycles. The molecule has 0 saturated carbocycles. The second-order valence-electron chi connectivity index (χ2n) is 6.25. The maximum Gasteiger partial charge on any atom is 0.345 e. The quantitative estimate of drug-likeness (QED) is 0.331. The predicted molar refractivity (Wildman–Crippen MR) is 117 cm³/mol. The number of aromatic nitrogens is 1. The first-order valence-corrected chi connectivity index (χ1v) is 9.93. The second kappa shape index (κ2) is 7.92. The molecule has 0 spiro atoms. The van der Waals surface area contributed by atoms with Crippen molar-refractivity contribution in [3.05, 3.63) is 86.1 Å². The summed E-state index contributed by atoms with van der Waals surface area (Å²) < 4.78 is 5.38. The van der Waals surface area contributed by atoms with Gasteiger partial charge < -0.3 is 9.73 Å². The number of anilines is 1. The van der Waals surface area contributed by atoms with Crippen molar-refractivity contribution in [3.8, 4) is 17.3 Å². The summed E-state index contributed by atoms with van der Waals surface area (Å²) in [7, 11) is 0. The van der Waals surface area contributed by atoms with Crippen LogP contribution in [0, 0.1) is 18.3 Å². The number of benzene rings is 2. The molecule has 0 fully saturated rings. The van der Waals surface area contributed by atoms with Crippen molar-refractivity contribution in [2.75, 3.05) is 5.32 Å². The Balaban J connectivity index is 1.67. The second-order valence-corrected chi connectivity index (χ2v) is 7.52. The van der Waals surface area contributed by atoms with Crippen LogP contribution in [0.15, 0.2) is 69.3 Å². The van der Waals surface area contributed by atoms with Crippen molar-refractivity contribution in [2.24, 2.45) is 0 Å². The van der Waals surface area contributed by atoms with Crippen molar-refractivity contribution >= 4 is 45.2 Å². The Labute approximate surface area is 175 Å². The van der Waals surface area contributed by atoms with E-state index in [1.54, 1.807) is 29.8 Å². The minimum atomic E-state index is -0.462. The van der Waals surface area contributed by atoms with Crippen LogP contribution in [0.3, 0.4) is 0 Å². The number of allylic oxidation sites excluding steroid dienone is 1. The largest absolute Gasteiger partial charge is 0.422 e. The van der Waals surface area contributed by atoms with Gasteiger partial charge in [-0.1, -0.05) is 35.9 Å². The third-order valence-corrected chi connectivity index (χ3v) is 5.70. The SMILES string of the molecule is Cc1c(Cl)cccc1N/C=C(/C#N)c1nc(-c2cc3ccccc3oc2=O)cs1. The molecule has 0 radical (unpaired) electrons. The van der Waals surface area contributed by atoms with Gasteiger partial charge in [-0.3, -0.25) is 0 Å². The number of hydrogen-bond donors (Lipinski definition) is 1. The van der Waals surface area contributed by atoms with Gasteiger partial charge in [-0.25, -0.2) is 9.78 Å². The van der Waals surface area contributed by atoms with Gasteiger partial charge in [-0.05, 0) is 36.8 Å². The summed E-state index contributed by atoms with van der Waals surface area (Å²) in [5.74, 6) is 0. The van der Waals surface area contributed by atoms with E-state index in [4.69, 9.17) is 16.0 Å². The van der Waals surface area contributed by atoms with E-state index in [1.807, 2.05) is 37.3 Å². The number of halogens is 1. The van der Waals surface area contributed by atoms with Crippen LogP contribution in [-0.2, 0) is 0 Å². The van der Waals surface area contributed by atoms with E-state index >= 15 is 0 Å². The molecule has 0 saturated heterocycles. The van der Waals surface area contributed by atoms with E-state index in [-0.39, 0.29) is 0 Å². The van der Waals surface area contributed by atoms with Crippen molar-refractivity contribution in [1.29, 1.82) is 5.26 Å². The summed E-state index contributed by atoms with van der Waals surface area (Å²) in [6.07, 6.45) is 1.59. The molecule has 7 heteroatoms. The van der Waals surface area contributed by atoms with Crippen molar-refractivity contribution in [2.45, 2.75) is 6.92 Å². The van der Waals surface area contributed by atoms with E-state index in [1.165, 1.54) is 11.3 Å². The fourth-order valence-electron chi connectivity index (χ4n) is 2.82. The lowest BCUT2D eigenvalue weighted by molar-refractivity contribution is 0.563. The molecule has 4 aromatic rings. The molecule has 2 aromatic heterocycles. The molecule has 1 N–H and O–H groups in total. The first kappa shape index (κ1) is 18.9. The molecule has 2 heterocycles. The van der Waals surface area contributed by atoms with Crippen LogP contribution in [0.1, 0.15) is 10.6 Å². The van der Waals surface area contributed by atoms with Crippen LogP contribution in [-0.4, -0.2) is 4.98 Å². The van der Waals surface area contributed by atoms with E-state index < -0.39 is 5.63 Å². The van der Waals surface area contributed by atoms with Crippen LogP contribution in [0.25, 0.3) is 27.8 Å². The fraction of sp³-hybridized carbons (Fsp3) is 0.0455. The summed E-state index contributed by atoms with van der Waals surface area (Å²) in [6, 6.07) is 16.7. The Kier molecular flexibility index (Phi) is 5.17. The third kappa shape index (κ3) is 3.79. The van der Waals surface area contributed by atoms with Gasteiger partial charge in [0.1, 0.15) is 22.2 Å². The lowest BCUT2D eigenvalue weighted by Gasteiger charge is -2.07. The molecule has 29 heavy (non-hydrogen) atoms.